The second kappa shape index (κ2) is 7.49. The van der Waals surface area contributed by atoms with Gasteiger partial charge in [-0.3, -0.25) is 4.79 Å². The zero-order valence-corrected chi connectivity index (χ0v) is 13.1. The van der Waals surface area contributed by atoms with Crippen molar-refractivity contribution in [2.75, 3.05) is 36.5 Å². The third-order valence-electron chi connectivity index (χ3n) is 3.62. The molecule has 2 heterocycles. The quantitative estimate of drug-likeness (QED) is 0.691. The number of nitrogens with one attached hydrogen (secondary N) is 1. The van der Waals surface area contributed by atoms with Crippen LogP contribution in [0.4, 0.5) is 11.6 Å². The van der Waals surface area contributed by atoms with Gasteiger partial charge in [0.15, 0.2) is 5.88 Å². The van der Waals surface area contributed by atoms with Crippen LogP contribution in [0.2, 0.25) is 0 Å². The molecule has 6 heteroatoms. The number of morpholine rings is 1. The van der Waals surface area contributed by atoms with Gasteiger partial charge in [0.25, 0.3) is 5.91 Å². The molecule has 2 aromatic rings. The fourth-order valence-electron chi connectivity index (χ4n) is 2.38. The molecule has 122 valence electrons. The van der Waals surface area contributed by atoms with Gasteiger partial charge in [-0.15, -0.1) is 0 Å². The molecule has 0 aliphatic carbocycles. The summed E-state index contributed by atoms with van der Waals surface area (Å²) in [6.07, 6.45) is 1.45. The first-order valence-electron chi connectivity index (χ1n) is 7.67. The van der Waals surface area contributed by atoms with Crippen molar-refractivity contribution in [3.63, 3.8) is 0 Å². The maximum absolute atomic E-state index is 12.2. The van der Waals surface area contributed by atoms with E-state index in [1.54, 1.807) is 18.2 Å². The van der Waals surface area contributed by atoms with Gasteiger partial charge < -0.3 is 19.4 Å². The first-order valence-corrected chi connectivity index (χ1v) is 7.67. The van der Waals surface area contributed by atoms with E-state index in [1.807, 2.05) is 30.3 Å². The van der Waals surface area contributed by atoms with Gasteiger partial charge in [-0.2, -0.15) is 5.26 Å². The number of benzene rings is 1. The van der Waals surface area contributed by atoms with Gasteiger partial charge in [0, 0.05) is 30.9 Å². The predicted molar refractivity (Wildman–Crippen MR) is 90.4 cm³/mol. The average molecular weight is 323 g/mol. The second-order valence-corrected chi connectivity index (χ2v) is 5.27. The summed E-state index contributed by atoms with van der Waals surface area (Å²) in [5.74, 6) is 0.717. The Labute approximate surface area is 139 Å². The molecule has 1 saturated heterocycles. The molecule has 1 aliphatic heterocycles. The van der Waals surface area contributed by atoms with Gasteiger partial charge in [0.05, 0.1) is 13.2 Å². The van der Waals surface area contributed by atoms with Crippen molar-refractivity contribution in [3.05, 3.63) is 53.8 Å². The minimum atomic E-state index is -0.465. The minimum Gasteiger partial charge on any atom is -0.441 e. The maximum atomic E-state index is 12.2. The number of nitrogens with zero attached hydrogens (tertiary/aromatic N) is 2. The highest BCUT2D eigenvalue weighted by atomic mass is 16.5. The second-order valence-electron chi connectivity index (χ2n) is 5.27. The zero-order valence-electron chi connectivity index (χ0n) is 13.1. The van der Waals surface area contributed by atoms with Crippen molar-refractivity contribution in [1.82, 2.24) is 0 Å². The highest BCUT2D eigenvalue weighted by Crippen LogP contribution is 2.21. The van der Waals surface area contributed by atoms with E-state index in [9.17, 15) is 10.1 Å². The summed E-state index contributed by atoms with van der Waals surface area (Å²) in [4.78, 5) is 14.3. The van der Waals surface area contributed by atoms with Crippen LogP contribution in [0.25, 0.3) is 6.08 Å². The van der Waals surface area contributed by atoms with E-state index in [2.05, 4.69) is 10.2 Å². The van der Waals surface area contributed by atoms with E-state index < -0.39 is 5.91 Å². The molecule has 1 N–H and O–H groups in total. The molecule has 6 nitrogen and oxygen atoms in total. The molecule has 0 spiro atoms. The van der Waals surface area contributed by atoms with Gasteiger partial charge in [0.1, 0.15) is 17.4 Å². The number of furan rings is 1. The Morgan fingerprint density at radius 1 is 1.17 bits per heavy atom. The standard InChI is InChI=1S/C18H17N3O3/c19-13-14(18(22)20-15-4-2-1-3-5-15)12-16-6-7-17(24-16)21-8-10-23-11-9-21/h1-7,12H,8-11H2,(H,20,22)/b14-12+. The summed E-state index contributed by atoms with van der Waals surface area (Å²) in [5.41, 5.74) is 0.624. The van der Waals surface area contributed by atoms with Crippen molar-refractivity contribution in [1.29, 1.82) is 5.26 Å². The van der Waals surface area contributed by atoms with Crippen molar-refractivity contribution < 1.29 is 13.9 Å². The largest absolute Gasteiger partial charge is 0.441 e. The fourth-order valence-corrected chi connectivity index (χ4v) is 2.38. The normalized spacial score (nSPS) is 15.0. The van der Waals surface area contributed by atoms with E-state index in [1.165, 1.54) is 6.08 Å². The highest BCUT2D eigenvalue weighted by molar-refractivity contribution is 6.09. The summed E-state index contributed by atoms with van der Waals surface area (Å²) in [6, 6.07) is 14.5. The number of carbonyl (C=O) groups excluding carboxylic acids is 1. The third-order valence-corrected chi connectivity index (χ3v) is 3.62. The first-order chi connectivity index (χ1) is 11.8. The Morgan fingerprint density at radius 2 is 1.92 bits per heavy atom. The number of amides is 1. The molecule has 0 saturated carbocycles. The Hall–Kier alpha value is -3.04. The third kappa shape index (κ3) is 3.83. The number of anilines is 2. The molecule has 1 amide bonds. The van der Waals surface area contributed by atoms with E-state index in [-0.39, 0.29) is 5.57 Å². The van der Waals surface area contributed by atoms with Crippen LogP contribution in [-0.4, -0.2) is 32.2 Å². The van der Waals surface area contributed by atoms with Crippen LogP contribution in [0, 0.1) is 11.3 Å². The monoisotopic (exact) mass is 323 g/mol. The van der Waals surface area contributed by atoms with Crippen molar-refractivity contribution in [2.45, 2.75) is 0 Å². The van der Waals surface area contributed by atoms with Crippen molar-refractivity contribution >= 4 is 23.6 Å². The van der Waals surface area contributed by atoms with Crippen LogP contribution in [0.1, 0.15) is 5.76 Å². The van der Waals surface area contributed by atoms with E-state index in [0.29, 0.717) is 30.5 Å². The van der Waals surface area contributed by atoms with E-state index >= 15 is 0 Å². The Balaban J connectivity index is 1.72. The summed E-state index contributed by atoms with van der Waals surface area (Å²) in [5, 5.41) is 11.9. The number of rotatable bonds is 4. The van der Waals surface area contributed by atoms with Crippen molar-refractivity contribution in [2.24, 2.45) is 0 Å². The summed E-state index contributed by atoms with van der Waals surface area (Å²) in [6.45, 7) is 2.84. The van der Waals surface area contributed by atoms with Gasteiger partial charge >= 0.3 is 0 Å². The van der Waals surface area contributed by atoms with Crippen LogP contribution in [0.3, 0.4) is 0 Å². The summed E-state index contributed by atoms with van der Waals surface area (Å²) >= 11 is 0. The smallest absolute Gasteiger partial charge is 0.266 e. The van der Waals surface area contributed by atoms with E-state index in [0.717, 1.165) is 13.1 Å². The van der Waals surface area contributed by atoms with Gasteiger partial charge in [-0.25, -0.2) is 0 Å². The molecule has 24 heavy (non-hydrogen) atoms. The van der Waals surface area contributed by atoms with Crippen LogP contribution in [0.15, 0.2) is 52.5 Å². The Kier molecular flexibility index (Phi) is 4.94. The lowest BCUT2D eigenvalue weighted by molar-refractivity contribution is -0.112. The number of hydrogen-bond acceptors (Lipinski definition) is 5. The first kappa shape index (κ1) is 15.8. The number of para-hydroxylation sites is 1. The summed E-state index contributed by atoms with van der Waals surface area (Å²) < 4.78 is 11.0. The van der Waals surface area contributed by atoms with Crippen LogP contribution in [-0.2, 0) is 9.53 Å². The molecule has 3 rings (SSSR count). The topological polar surface area (TPSA) is 78.5 Å². The Morgan fingerprint density at radius 3 is 2.62 bits per heavy atom. The molecule has 1 aliphatic rings. The van der Waals surface area contributed by atoms with E-state index in [4.69, 9.17) is 9.15 Å². The number of ether oxygens (including phenoxy) is 1. The van der Waals surface area contributed by atoms with Crippen LogP contribution >= 0.6 is 0 Å². The van der Waals surface area contributed by atoms with Gasteiger partial charge in [0.2, 0.25) is 0 Å². The molecule has 1 fully saturated rings. The average Bonchev–Trinajstić information content (AvgIpc) is 3.10. The molecule has 0 atom stereocenters. The summed E-state index contributed by atoms with van der Waals surface area (Å²) in [7, 11) is 0. The van der Waals surface area contributed by atoms with Crippen LogP contribution < -0.4 is 10.2 Å². The highest BCUT2D eigenvalue weighted by Gasteiger charge is 2.15. The molecule has 1 aromatic heterocycles. The maximum Gasteiger partial charge on any atom is 0.266 e. The molecule has 0 unspecified atom stereocenters. The fraction of sp³-hybridized carbons (Fsp3) is 0.222. The van der Waals surface area contributed by atoms with Gasteiger partial charge in [-0.1, -0.05) is 18.2 Å². The lowest BCUT2D eigenvalue weighted by atomic mass is 10.2. The SMILES string of the molecule is N#C/C(=C\c1ccc(N2CCOCC2)o1)C(=O)Nc1ccccc1. The molecule has 0 radical (unpaired) electrons. The molecular formula is C18H17N3O3. The Bertz CT molecular complexity index is 768. The van der Waals surface area contributed by atoms with Crippen LogP contribution in [0.5, 0.6) is 0 Å². The zero-order chi connectivity index (χ0) is 16.8. The lowest BCUT2D eigenvalue weighted by Crippen LogP contribution is -2.35. The number of hydrogen-bond donors (Lipinski definition) is 1. The lowest BCUT2D eigenvalue weighted by Gasteiger charge is -2.26. The predicted octanol–water partition coefficient (Wildman–Crippen LogP) is 2.66. The van der Waals surface area contributed by atoms with Crippen molar-refractivity contribution in [3.8, 4) is 6.07 Å². The number of nitriles is 1. The molecular weight excluding hydrogens is 306 g/mol. The minimum absolute atomic E-state index is 0.0123. The number of carbonyl (C=O) groups is 1. The molecule has 1 aromatic carbocycles. The molecule has 0 bridgehead atoms. The van der Waals surface area contributed by atoms with Gasteiger partial charge in [-0.05, 0) is 18.2 Å².